The fourth-order valence-corrected chi connectivity index (χ4v) is 1.95. The van der Waals surface area contributed by atoms with Crippen LogP contribution in [0.15, 0.2) is 48.5 Å². The molecule has 2 rings (SSSR count). The second-order valence-corrected chi connectivity index (χ2v) is 4.66. The Bertz CT molecular complexity index is 614. The molecular formula is C16H17F3N2O. The van der Waals surface area contributed by atoms with Crippen LogP contribution in [0.2, 0.25) is 0 Å². The predicted octanol–water partition coefficient (Wildman–Crippen LogP) is 4.24. The molecule has 0 amide bonds. The Morgan fingerprint density at radius 2 is 1.50 bits per heavy atom. The normalized spacial score (nSPS) is 11.1. The second kappa shape index (κ2) is 7.06. The fraction of sp³-hybridized carbons (Fsp3) is 0.250. The molecule has 3 nitrogen and oxygen atoms in total. The number of rotatable bonds is 6. The van der Waals surface area contributed by atoms with E-state index in [1.54, 1.807) is 13.2 Å². The number of hydrogen-bond acceptors (Lipinski definition) is 3. The van der Waals surface area contributed by atoms with Gasteiger partial charge in [-0.3, -0.25) is 0 Å². The molecule has 0 saturated heterocycles. The van der Waals surface area contributed by atoms with Crippen LogP contribution in [0.4, 0.5) is 24.5 Å². The van der Waals surface area contributed by atoms with Gasteiger partial charge in [0.15, 0.2) is 0 Å². The Kier molecular flexibility index (Phi) is 5.14. The van der Waals surface area contributed by atoms with Crippen molar-refractivity contribution in [1.29, 1.82) is 0 Å². The van der Waals surface area contributed by atoms with E-state index >= 15 is 0 Å². The minimum Gasteiger partial charge on any atom is -0.497 e. The molecule has 0 aliphatic heterocycles. The molecule has 2 N–H and O–H groups in total. The van der Waals surface area contributed by atoms with Gasteiger partial charge in [0, 0.05) is 30.5 Å². The highest BCUT2D eigenvalue weighted by atomic mass is 19.4. The number of anilines is 2. The summed E-state index contributed by atoms with van der Waals surface area (Å²) in [5.41, 5.74) is 0.686. The highest BCUT2D eigenvalue weighted by molar-refractivity contribution is 5.49. The molecule has 0 spiro atoms. The Balaban J connectivity index is 1.84. The number of alkyl halides is 3. The molecule has 2 aromatic carbocycles. The van der Waals surface area contributed by atoms with Gasteiger partial charge in [0.05, 0.1) is 12.7 Å². The zero-order valence-electron chi connectivity index (χ0n) is 12.1. The lowest BCUT2D eigenvalue weighted by Gasteiger charge is -2.12. The largest absolute Gasteiger partial charge is 0.497 e. The summed E-state index contributed by atoms with van der Waals surface area (Å²) in [5, 5.41) is 6.13. The molecule has 2 aromatic rings. The predicted molar refractivity (Wildman–Crippen MR) is 81.4 cm³/mol. The lowest BCUT2D eigenvalue weighted by atomic mass is 10.2. The van der Waals surface area contributed by atoms with Crippen LogP contribution in [-0.2, 0) is 6.18 Å². The number of nitrogens with one attached hydrogen (secondary N) is 2. The molecule has 0 fully saturated rings. The van der Waals surface area contributed by atoms with E-state index in [1.165, 1.54) is 6.07 Å². The lowest BCUT2D eigenvalue weighted by Crippen LogP contribution is -2.14. The van der Waals surface area contributed by atoms with Crippen molar-refractivity contribution in [2.75, 3.05) is 30.8 Å². The summed E-state index contributed by atoms with van der Waals surface area (Å²) in [6.07, 6.45) is -4.32. The van der Waals surface area contributed by atoms with Gasteiger partial charge in [-0.1, -0.05) is 12.1 Å². The molecule has 118 valence electrons. The summed E-state index contributed by atoms with van der Waals surface area (Å²) in [7, 11) is 1.59. The standard InChI is InChI=1S/C16H17F3N2O/c1-22-15-7-3-6-14(11-15)21-9-8-20-13-5-2-4-12(10-13)16(17,18)19/h2-7,10-11,20-21H,8-9H2,1H3. The number of halogens is 3. The smallest absolute Gasteiger partial charge is 0.416 e. The van der Waals surface area contributed by atoms with Crippen LogP contribution in [0.1, 0.15) is 5.56 Å². The first-order valence-electron chi connectivity index (χ1n) is 6.78. The monoisotopic (exact) mass is 310 g/mol. The molecule has 0 unspecified atom stereocenters. The van der Waals surface area contributed by atoms with E-state index in [0.29, 0.717) is 18.8 Å². The molecule has 0 atom stereocenters. The summed E-state index contributed by atoms with van der Waals surface area (Å²) in [6, 6.07) is 12.6. The van der Waals surface area contributed by atoms with E-state index in [1.807, 2.05) is 24.3 Å². The molecular weight excluding hydrogens is 293 g/mol. The van der Waals surface area contributed by atoms with Crippen molar-refractivity contribution >= 4 is 11.4 Å². The Hall–Kier alpha value is -2.37. The third-order valence-electron chi connectivity index (χ3n) is 3.04. The van der Waals surface area contributed by atoms with Crippen molar-refractivity contribution in [3.63, 3.8) is 0 Å². The van der Waals surface area contributed by atoms with Gasteiger partial charge in [0.2, 0.25) is 0 Å². The summed E-state index contributed by atoms with van der Waals surface area (Å²) < 4.78 is 42.9. The average Bonchev–Trinajstić information content (AvgIpc) is 2.51. The van der Waals surface area contributed by atoms with Crippen LogP contribution in [0.3, 0.4) is 0 Å². The van der Waals surface area contributed by atoms with Crippen LogP contribution < -0.4 is 15.4 Å². The maximum atomic E-state index is 12.6. The molecule has 6 heteroatoms. The highest BCUT2D eigenvalue weighted by Crippen LogP contribution is 2.30. The van der Waals surface area contributed by atoms with E-state index in [9.17, 15) is 13.2 Å². The molecule has 0 aliphatic carbocycles. The number of ether oxygens (including phenoxy) is 1. The van der Waals surface area contributed by atoms with Gasteiger partial charge in [-0.05, 0) is 30.3 Å². The van der Waals surface area contributed by atoms with Crippen molar-refractivity contribution in [3.8, 4) is 5.75 Å². The zero-order chi connectivity index (χ0) is 16.0. The van der Waals surface area contributed by atoms with Gasteiger partial charge < -0.3 is 15.4 Å². The highest BCUT2D eigenvalue weighted by Gasteiger charge is 2.30. The molecule has 22 heavy (non-hydrogen) atoms. The summed E-state index contributed by atoms with van der Waals surface area (Å²) in [4.78, 5) is 0. The van der Waals surface area contributed by atoms with E-state index < -0.39 is 11.7 Å². The molecule has 0 bridgehead atoms. The van der Waals surface area contributed by atoms with Gasteiger partial charge in [-0.15, -0.1) is 0 Å². The van der Waals surface area contributed by atoms with E-state index in [-0.39, 0.29) is 0 Å². The van der Waals surface area contributed by atoms with Crippen LogP contribution in [0.5, 0.6) is 5.75 Å². The maximum absolute atomic E-state index is 12.6. The van der Waals surface area contributed by atoms with Gasteiger partial charge in [-0.25, -0.2) is 0 Å². The molecule has 0 aliphatic rings. The van der Waals surface area contributed by atoms with Crippen molar-refractivity contribution < 1.29 is 17.9 Å². The van der Waals surface area contributed by atoms with Crippen LogP contribution in [-0.4, -0.2) is 20.2 Å². The molecule has 0 saturated carbocycles. The SMILES string of the molecule is COc1cccc(NCCNc2cccc(C(F)(F)F)c2)c1. The van der Waals surface area contributed by atoms with Crippen molar-refractivity contribution in [3.05, 3.63) is 54.1 Å². The quantitative estimate of drug-likeness (QED) is 0.783. The molecule has 0 heterocycles. The zero-order valence-corrected chi connectivity index (χ0v) is 12.1. The Morgan fingerprint density at radius 1 is 0.909 bits per heavy atom. The number of methoxy groups -OCH3 is 1. The van der Waals surface area contributed by atoms with Gasteiger partial charge in [0.25, 0.3) is 0 Å². The Labute approximate surface area is 127 Å². The summed E-state index contributed by atoms with van der Waals surface area (Å²) in [6.45, 7) is 1.07. The van der Waals surface area contributed by atoms with Crippen LogP contribution in [0, 0.1) is 0 Å². The van der Waals surface area contributed by atoms with E-state index in [2.05, 4.69) is 10.6 Å². The fourth-order valence-electron chi connectivity index (χ4n) is 1.95. The molecule has 0 radical (unpaired) electrons. The van der Waals surface area contributed by atoms with Crippen molar-refractivity contribution in [1.82, 2.24) is 0 Å². The summed E-state index contributed by atoms with van der Waals surface area (Å²) in [5.74, 6) is 0.746. The average molecular weight is 310 g/mol. The number of hydrogen-bond donors (Lipinski definition) is 2. The van der Waals surface area contributed by atoms with Crippen LogP contribution >= 0.6 is 0 Å². The van der Waals surface area contributed by atoms with E-state index in [4.69, 9.17) is 4.74 Å². The first-order valence-corrected chi connectivity index (χ1v) is 6.78. The maximum Gasteiger partial charge on any atom is 0.416 e. The Morgan fingerprint density at radius 3 is 2.09 bits per heavy atom. The van der Waals surface area contributed by atoms with Gasteiger partial charge in [-0.2, -0.15) is 13.2 Å². The minimum absolute atomic E-state index is 0.447. The number of benzene rings is 2. The van der Waals surface area contributed by atoms with Crippen LogP contribution in [0.25, 0.3) is 0 Å². The minimum atomic E-state index is -4.32. The summed E-state index contributed by atoms with van der Waals surface area (Å²) >= 11 is 0. The lowest BCUT2D eigenvalue weighted by molar-refractivity contribution is -0.137. The van der Waals surface area contributed by atoms with Crippen molar-refractivity contribution in [2.24, 2.45) is 0 Å². The first kappa shape index (κ1) is 16.0. The second-order valence-electron chi connectivity index (χ2n) is 4.66. The third kappa shape index (κ3) is 4.58. The first-order chi connectivity index (χ1) is 10.5. The van der Waals surface area contributed by atoms with E-state index in [0.717, 1.165) is 23.6 Å². The molecule has 0 aromatic heterocycles. The van der Waals surface area contributed by atoms with Gasteiger partial charge >= 0.3 is 6.18 Å². The van der Waals surface area contributed by atoms with Crippen molar-refractivity contribution in [2.45, 2.75) is 6.18 Å². The van der Waals surface area contributed by atoms with Gasteiger partial charge in [0.1, 0.15) is 5.75 Å². The third-order valence-corrected chi connectivity index (χ3v) is 3.04. The topological polar surface area (TPSA) is 33.3 Å².